The zero-order chi connectivity index (χ0) is 21.2. The van der Waals surface area contributed by atoms with E-state index in [9.17, 15) is 14.4 Å². The zero-order valence-corrected chi connectivity index (χ0v) is 16.3. The van der Waals surface area contributed by atoms with Gasteiger partial charge in [-0.05, 0) is 49.4 Å². The van der Waals surface area contributed by atoms with Crippen LogP contribution in [0.15, 0.2) is 42.5 Å². The van der Waals surface area contributed by atoms with Crippen LogP contribution < -0.4 is 20.1 Å². The van der Waals surface area contributed by atoms with Crippen LogP contribution in [0.3, 0.4) is 0 Å². The molecule has 0 spiro atoms. The van der Waals surface area contributed by atoms with Gasteiger partial charge in [0.15, 0.2) is 6.73 Å². The van der Waals surface area contributed by atoms with Crippen molar-refractivity contribution in [2.45, 2.75) is 6.92 Å². The van der Waals surface area contributed by atoms with E-state index in [1.807, 2.05) is 6.92 Å². The molecule has 9 nitrogen and oxygen atoms in total. The molecule has 0 radical (unpaired) electrons. The summed E-state index contributed by atoms with van der Waals surface area (Å²) in [5, 5.41) is 4.99. The number of carbonyl (C=O) groups excluding carboxylic acids is 3. The van der Waals surface area contributed by atoms with Gasteiger partial charge in [-0.3, -0.25) is 0 Å². The van der Waals surface area contributed by atoms with Crippen LogP contribution in [-0.2, 0) is 9.47 Å². The van der Waals surface area contributed by atoms with Crippen molar-refractivity contribution in [3.8, 4) is 11.5 Å². The second-order valence-corrected chi connectivity index (χ2v) is 5.57. The van der Waals surface area contributed by atoms with Gasteiger partial charge in [0, 0.05) is 0 Å². The highest BCUT2D eigenvalue weighted by Gasteiger charge is 2.17. The highest BCUT2D eigenvalue weighted by atomic mass is 16.5. The maximum absolute atomic E-state index is 12.2. The minimum absolute atomic E-state index is 0.0859. The van der Waals surface area contributed by atoms with E-state index < -0.39 is 18.0 Å². The molecule has 0 bridgehead atoms. The monoisotopic (exact) mass is 402 g/mol. The van der Waals surface area contributed by atoms with Gasteiger partial charge < -0.3 is 29.6 Å². The van der Waals surface area contributed by atoms with Gasteiger partial charge >= 0.3 is 18.0 Å². The summed E-state index contributed by atoms with van der Waals surface area (Å²) in [6, 6.07) is 10.4. The van der Waals surface area contributed by atoms with Crippen molar-refractivity contribution in [3.05, 3.63) is 53.6 Å². The van der Waals surface area contributed by atoms with Gasteiger partial charge in [0.25, 0.3) is 0 Å². The molecule has 0 saturated carbocycles. The number of ether oxygens (including phenoxy) is 4. The third-order valence-corrected chi connectivity index (χ3v) is 3.70. The summed E-state index contributed by atoms with van der Waals surface area (Å²) >= 11 is 0. The number of carbonyl (C=O) groups is 3. The first-order valence-electron chi connectivity index (χ1n) is 8.69. The summed E-state index contributed by atoms with van der Waals surface area (Å²) in [5.74, 6) is -0.0193. The van der Waals surface area contributed by atoms with E-state index in [0.29, 0.717) is 18.1 Å². The quantitative estimate of drug-likeness (QED) is 0.516. The van der Waals surface area contributed by atoms with Gasteiger partial charge in [0.2, 0.25) is 0 Å². The largest absolute Gasteiger partial charge is 0.494 e. The first kappa shape index (κ1) is 21.5. The lowest BCUT2D eigenvalue weighted by Gasteiger charge is -2.13. The maximum atomic E-state index is 12.2. The predicted molar refractivity (Wildman–Crippen MR) is 104 cm³/mol. The molecule has 0 saturated heterocycles. The van der Waals surface area contributed by atoms with Crippen molar-refractivity contribution in [1.82, 2.24) is 5.32 Å². The van der Waals surface area contributed by atoms with E-state index in [1.54, 1.807) is 24.3 Å². The van der Waals surface area contributed by atoms with Crippen LogP contribution in [0.4, 0.5) is 10.5 Å². The Hall–Kier alpha value is -3.75. The Balaban J connectivity index is 1.99. The lowest BCUT2D eigenvalue weighted by molar-refractivity contribution is 0.0587. The molecule has 29 heavy (non-hydrogen) atoms. The number of urea groups is 1. The van der Waals surface area contributed by atoms with Crippen molar-refractivity contribution in [2.75, 3.05) is 32.9 Å². The smallest absolute Gasteiger partial charge is 0.339 e. The van der Waals surface area contributed by atoms with Crippen molar-refractivity contribution in [1.29, 1.82) is 0 Å². The Morgan fingerprint density at radius 1 is 0.862 bits per heavy atom. The van der Waals surface area contributed by atoms with Crippen LogP contribution in [0.25, 0.3) is 0 Å². The zero-order valence-electron chi connectivity index (χ0n) is 16.3. The van der Waals surface area contributed by atoms with E-state index in [4.69, 9.17) is 9.47 Å². The molecule has 9 heteroatoms. The van der Waals surface area contributed by atoms with Crippen molar-refractivity contribution in [2.24, 2.45) is 0 Å². The Bertz CT molecular complexity index is 866. The second kappa shape index (κ2) is 10.5. The molecule has 2 rings (SSSR count). The molecule has 0 aliphatic heterocycles. The van der Waals surface area contributed by atoms with Crippen LogP contribution in [0.1, 0.15) is 27.6 Å². The summed E-state index contributed by atoms with van der Waals surface area (Å²) in [4.78, 5) is 35.8. The number of anilines is 1. The van der Waals surface area contributed by atoms with E-state index in [2.05, 4.69) is 20.1 Å². The third-order valence-electron chi connectivity index (χ3n) is 3.70. The normalized spacial score (nSPS) is 9.90. The van der Waals surface area contributed by atoms with E-state index in [0.717, 1.165) is 0 Å². The molecule has 0 aliphatic rings. The number of methoxy groups -OCH3 is 2. The topological polar surface area (TPSA) is 112 Å². The second-order valence-electron chi connectivity index (χ2n) is 5.57. The van der Waals surface area contributed by atoms with Gasteiger partial charge in [-0.15, -0.1) is 0 Å². The average molecular weight is 402 g/mol. The Labute approximate surface area is 167 Å². The Morgan fingerprint density at radius 2 is 1.48 bits per heavy atom. The molecule has 0 heterocycles. The first-order chi connectivity index (χ1) is 14.0. The highest BCUT2D eigenvalue weighted by molar-refractivity contribution is 6.03. The lowest BCUT2D eigenvalue weighted by Crippen LogP contribution is -2.32. The summed E-state index contributed by atoms with van der Waals surface area (Å²) in [5.41, 5.74) is 0.349. The Morgan fingerprint density at radius 3 is 2.07 bits per heavy atom. The van der Waals surface area contributed by atoms with Crippen LogP contribution >= 0.6 is 0 Å². The molecular weight excluding hydrogens is 380 g/mol. The average Bonchev–Trinajstić information content (AvgIpc) is 2.74. The number of nitrogens with one attached hydrogen (secondary N) is 2. The third kappa shape index (κ3) is 6.13. The van der Waals surface area contributed by atoms with E-state index in [-0.39, 0.29) is 23.5 Å². The molecule has 2 aromatic carbocycles. The molecular formula is C20H22N2O7. The Kier molecular flexibility index (Phi) is 7.84. The summed E-state index contributed by atoms with van der Waals surface area (Å²) in [6.07, 6.45) is 0. The molecule has 0 fully saturated rings. The molecule has 0 atom stereocenters. The lowest BCUT2D eigenvalue weighted by atomic mass is 10.1. The molecule has 2 aromatic rings. The number of amides is 2. The van der Waals surface area contributed by atoms with Crippen molar-refractivity contribution >= 4 is 23.7 Å². The van der Waals surface area contributed by atoms with Crippen molar-refractivity contribution in [3.63, 3.8) is 0 Å². The minimum Gasteiger partial charge on any atom is -0.494 e. The highest BCUT2D eigenvalue weighted by Crippen LogP contribution is 2.20. The van der Waals surface area contributed by atoms with Gasteiger partial charge in [0.05, 0.1) is 37.6 Å². The fraction of sp³-hybridized carbons (Fsp3) is 0.250. The first-order valence-corrected chi connectivity index (χ1v) is 8.69. The van der Waals surface area contributed by atoms with E-state index >= 15 is 0 Å². The number of esters is 2. The van der Waals surface area contributed by atoms with Crippen molar-refractivity contribution < 1.29 is 33.3 Å². The van der Waals surface area contributed by atoms with Crippen LogP contribution in [-0.4, -0.2) is 45.5 Å². The van der Waals surface area contributed by atoms with Gasteiger partial charge in [-0.2, -0.15) is 0 Å². The fourth-order valence-corrected chi connectivity index (χ4v) is 2.33. The van der Waals surface area contributed by atoms with Gasteiger partial charge in [0.1, 0.15) is 11.5 Å². The number of hydrogen-bond acceptors (Lipinski definition) is 7. The molecule has 2 N–H and O–H groups in total. The molecule has 2 amide bonds. The maximum Gasteiger partial charge on any atom is 0.339 e. The number of benzene rings is 2. The summed E-state index contributed by atoms with van der Waals surface area (Å²) < 4.78 is 20.1. The minimum atomic E-state index is -0.664. The molecule has 0 unspecified atom stereocenters. The van der Waals surface area contributed by atoms with Crippen LogP contribution in [0.2, 0.25) is 0 Å². The van der Waals surface area contributed by atoms with Gasteiger partial charge in [-0.1, -0.05) is 0 Å². The van der Waals surface area contributed by atoms with E-state index in [1.165, 1.54) is 32.4 Å². The van der Waals surface area contributed by atoms with Gasteiger partial charge in [-0.25, -0.2) is 14.4 Å². The number of hydrogen-bond donors (Lipinski definition) is 2. The number of rotatable bonds is 8. The standard InChI is InChI=1S/C20H22N2O7/c1-4-28-14-6-8-15(9-7-14)29-12-21-20(25)22-17-11-13(18(23)26-2)5-10-16(17)19(24)27-3/h5-11H,4,12H2,1-3H3,(H2,21,22,25). The SMILES string of the molecule is CCOc1ccc(OCNC(=O)Nc2cc(C(=O)OC)ccc2C(=O)OC)cc1. The van der Waals surface area contributed by atoms with Crippen LogP contribution in [0, 0.1) is 0 Å². The molecule has 0 aliphatic carbocycles. The predicted octanol–water partition coefficient (Wildman–Crippen LogP) is 2.82. The summed E-state index contributed by atoms with van der Waals surface area (Å²) in [6.45, 7) is 2.33. The fourth-order valence-electron chi connectivity index (χ4n) is 2.33. The summed E-state index contributed by atoms with van der Waals surface area (Å²) in [7, 11) is 2.44. The van der Waals surface area contributed by atoms with Crippen LogP contribution in [0.5, 0.6) is 11.5 Å². The molecule has 154 valence electrons. The molecule has 0 aromatic heterocycles.